The molecule has 1 aromatic carbocycles. The third-order valence-electron chi connectivity index (χ3n) is 1.99. The summed E-state index contributed by atoms with van der Waals surface area (Å²) >= 11 is 0. The fourth-order valence-corrected chi connectivity index (χ4v) is 1.23. The van der Waals surface area contributed by atoms with Crippen molar-refractivity contribution < 1.29 is 29.0 Å². The van der Waals surface area contributed by atoms with E-state index in [9.17, 15) is 14.4 Å². The van der Waals surface area contributed by atoms with E-state index >= 15 is 0 Å². The Morgan fingerprint density at radius 1 is 1.22 bits per heavy atom. The Kier molecular flexibility index (Phi) is 4.67. The molecule has 0 aliphatic rings. The average Bonchev–Trinajstić information content (AvgIpc) is 2.36. The summed E-state index contributed by atoms with van der Waals surface area (Å²) < 4.78 is 8.45. The van der Waals surface area contributed by atoms with Crippen molar-refractivity contribution in [2.24, 2.45) is 0 Å². The smallest absolute Gasteiger partial charge is 0.465 e. The van der Waals surface area contributed by atoms with E-state index in [0.717, 1.165) is 7.11 Å². The minimum absolute atomic E-state index is 0.355. The van der Waals surface area contributed by atoms with E-state index in [4.69, 9.17) is 5.11 Å². The normalized spacial score (nSPS) is 11.2. The second kappa shape index (κ2) is 6.24. The monoisotopic (exact) mass is 253 g/mol. The molecule has 0 fully saturated rings. The Hall–Kier alpha value is -2.57. The lowest BCUT2D eigenvalue weighted by atomic mass is 10.1. The first-order valence-electron chi connectivity index (χ1n) is 4.88. The van der Waals surface area contributed by atoms with Crippen molar-refractivity contribution in [3.05, 3.63) is 35.9 Å². The number of benzene rings is 1. The Morgan fingerprint density at radius 2 is 1.83 bits per heavy atom. The zero-order valence-corrected chi connectivity index (χ0v) is 9.45. The van der Waals surface area contributed by atoms with Crippen LogP contribution in [0.4, 0.5) is 9.59 Å². The number of carboxylic acid groups (broad SMARTS) is 1. The zero-order valence-electron chi connectivity index (χ0n) is 9.45. The molecule has 0 unspecified atom stereocenters. The molecular formula is C11H11NO6. The predicted octanol–water partition coefficient (Wildman–Crippen LogP) is 1.30. The third kappa shape index (κ3) is 3.78. The van der Waals surface area contributed by atoms with Crippen molar-refractivity contribution in [1.29, 1.82) is 0 Å². The molecule has 0 radical (unpaired) electrons. The maximum atomic E-state index is 11.6. The van der Waals surface area contributed by atoms with E-state index in [1.54, 1.807) is 18.2 Å². The fraction of sp³-hybridized carbons (Fsp3) is 0.182. The first-order chi connectivity index (χ1) is 8.54. The van der Waals surface area contributed by atoms with E-state index in [0.29, 0.717) is 5.56 Å². The molecule has 1 rings (SSSR count). The summed E-state index contributed by atoms with van der Waals surface area (Å²) in [6, 6.07) is 6.71. The lowest BCUT2D eigenvalue weighted by Gasteiger charge is -2.14. The Morgan fingerprint density at radius 3 is 2.33 bits per heavy atom. The van der Waals surface area contributed by atoms with Gasteiger partial charge in [0.2, 0.25) is 0 Å². The summed E-state index contributed by atoms with van der Waals surface area (Å²) in [5.74, 6) is -1.06. The van der Waals surface area contributed by atoms with Crippen LogP contribution in [0, 0.1) is 0 Å². The average molecular weight is 253 g/mol. The number of nitrogens with one attached hydrogen (secondary N) is 1. The molecule has 96 valence electrons. The van der Waals surface area contributed by atoms with E-state index in [1.165, 1.54) is 12.1 Å². The van der Waals surface area contributed by atoms with Crippen LogP contribution < -0.4 is 5.32 Å². The molecule has 2 N–H and O–H groups in total. The van der Waals surface area contributed by atoms with Crippen LogP contribution >= 0.6 is 0 Å². The summed E-state index contributed by atoms with van der Waals surface area (Å²) in [7, 11) is 1.04. The SMILES string of the molecule is COC(=O)OC(=O)[C@@H](NC(=O)O)c1ccccc1. The summed E-state index contributed by atoms with van der Waals surface area (Å²) in [5.41, 5.74) is 0.355. The second-order valence-corrected chi connectivity index (χ2v) is 3.17. The van der Waals surface area contributed by atoms with Crippen molar-refractivity contribution in [1.82, 2.24) is 5.32 Å². The van der Waals surface area contributed by atoms with Gasteiger partial charge in [-0.25, -0.2) is 14.4 Å². The lowest BCUT2D eigenvalue weighted by Crippen LogP contribution is -2.34. The van der Waals surface area contributed by atoms with Crippen LogP contribution in [0.15, 0.2) is 30.3 Å². The van der Waals surface area contributed by atoms with Gasteiger partial charge in [0.15, 0.2) is 6.04 Å². The van der Waals surface area contributed by atoms with Crippen molar-refractivity contribution in [3.63, 3.8) is 0 Å². The molecule has 0 aromatic heterocycles. The molecule has 1 aromatic rings. The number of ether oxygens (including phenoxy) is 2. The summed E-state index contributed by atoms with van der Waals surface area (Å²) in [4.78, 5) is 33.0. The highest BCUT2D eigenvalue weighted by Gasteiger charge is 2.26. The van der Waals surface area contributed by atoms with Crippen LogP contribution in [0.3, 0.4) is 0 Å². The molecular weight excluding hydrogens is 242 g/mol. The van der Waals surface area contributed by atoms with E-state index in [-0.39, 0.29) is 0 Å². The van der Waals surface area contributed by atoms with Crippen LogP contribution in [-0.2, 0) is 14.3 Å². The molecule has 0 saturated carbocycles. The van der Waals surface area contributed by atoms with Crippen LogP contribution in [-0.4, -0.2) is 30.4 Å². The lowest BCUT2D eigenvalue weighted by molar-refractivity contribution is -0.141. The maximum Gasteiger partial charge on any atom is 0.515 e. The fourth-order valence-electron chi connectivity index (χ4n) is 1.23. The Balaban J connectivity index is 2.88. The Labute approximate surface area is 102 Å². The van der Waals surface area contributed by atoms with Gasteiger partial charge in [0.05, 0.1) is 7.11 Å². The molecule has 18 heavy (non-hydrogen) atoms. The molecule has 0 aliphatic carbocycles. The molecule has 7 heteroatoms. The minimum atomic E-state index is -1.41. The van der Waals surface area contributed by atoms with Crippen LogP contribution in [0.5, 0.6) is 0 Å². The van der Waals surface area contributed by atoms with E-state index in [2.05, 4.69) is 9.47 Å². The molecule has 0 aliphatic heterocycles. The molecule has 0 saturated heterocycles. The highest BCUT2D eigenvalue weighted by Crippen LogP contribution is 2.14. The largest absolute Gasteiger partial charge is 0.515 e. The molecule has 0 spiro atoms. The topological polar surface area (TPSA) is 102 Å². The second-order valence-electron chi connectivity index (χ2n) is 3.17. The number of methoxy groups -OCH3 is 1. The van der Waals surface area contributed by atoms with E-state index < -0.39 is 24.3 Å². The van der Waals surface area contributed by atoms with Gasteiger partial charge in [-0.05, 0) is 5.56 Å². The van der Waals surface area contributed by atoms with Gasteiger partial charge in [-0.15, -0.1) is 0 Å². The summed E-state index contributed by atoms with van der Waals surface area (Å²) in [6.07, 6.45) is -2.61. The van der Waals surface area contributed by atoms with Gasteiger partial charge < -0.3 is 19.9 Å². The molecule has 7 nitrogen and oxygen atoms in total. The third-order valence-corrected chi connectivity index (χ3v) is 1.99. The zero-order chi connectivity index (χ0) is 13.5. The van der Waals surface area contributed by atoms with Crippen molar-refractivity contribution in [3.8, 4) is 0 Å². The molecule has 0 heterocycles. The minimum Gasteiger partial charge on any atom is -0.465 e. The van der Waals surface area contributed by atoms with Gasteiger partial charge in [0, 0.05) is 0 Å². The molecule has 1 amide bonds. The number of hydrogen-bond acceptors (Lipinski definition) is 5. The van der Waals surface area contributed by atoms with Crippen LogP contribution in [0.1, 0.15) is 11.6 Å². The highest BCUT2D eigenvalue weighted by atomic mass is 16.7. The highest BCUT2D eigenvalue weighted by molar-refractivity contribution is 5.88. The van der Waals surface area contributed by atoms with E-state index in [1.807, 2.05) is 5.32 Å². The quantitative estimate of drug-likeness (QED) is 0.622. The number of amides is 1. The van der Waals surface area contributed by atoms with Crippen LogP contribution in [0.25, 0.3) is 0 Å². The number of esters is 1. The van der Waals surface area contributed by atoms with Gasteiger partial charge in [-0.3, -0.25) is 0 Å². The number of rotatable bonds is 3. The van der Waals surface area contributed by atoms with Gasteiger partial charge in [0.25, 0.3) is 0 Å². The van der Waals surface area contributed by atoms with Gasteiger partial charge in [-0.1, -0.05) is 30.3 Å². The van der Waals surface area contributed by atoms with Crippen LogP contribution in [0.2, 0.25) is 0 Å². The maximum absolute atomic E-state index is 11.6. The van der Waals surface area contributed by atoms with Crippen molar-refractivity contribution in [2.75, 3.05) is 7.11 Å². The standard InChI is InChI=1S/C11H11NO6/c1-17-11(16)18-9(13)8(12-10(14)15)7-5-3-2-4-6-7/h2-6,8,12H,1H3,(H,14,15)/t8-/m0/s1. The van der Waals surface area contributed by atoms with Gasteiger partial charge in [-0.2, -0.15) is 0 Å². The van der Waals surface area contributed by atoms with Gasteiger partial charge >= 0.3 is 18.2 Å². The predicted molar refractivity (Wildman–Crippen MR) is 58.8 cm³/mol. The van der Waals surface area contributed by atoms with Crippen molar-refractivity contribution >= 4 is 18.2 Å². The number of carbonyl (C=O) groups is 3. The van der Waals surface area contributed by atoms with Crippen molar-refractivity contribution in [2.45, 2.75) is 6.04 Å². The summed E-state index contributed by atoms with van der Waals surface area (Å²) in [6.45, 7) is 0. The molecule has 1 atom stereocenters. The number of hydrogen-bond donors (Lipinski definition) is 2. The summed E-state index contributed by atoms with van der Waals surface area (Å²) in [5, 5.41) is 10.6. The first kappa shape index (κ1) is 13.5. The molecule has 0 bridgehead atoms. The number of carbonyl (C=O) groups excluding carboxylic acids is 2. The first-order valence-corrected chi connectivity index (χ1v) is 4.88. The Bertz CT molecular complexity index is 444. The van der Waals surface area contributed by atoms with Gasteiger partial charge in [0.1, 0.15) is 0 Å².